The van der Waals surface area contributed by atoms with Gasteiger partial charge in [-0.15, -0.1) is 0 Å². The lowest BCUT2D eigenvalue weighted by molar-refractivity contribution is 0.0697. The number of carbonyl (C=O) groups is 1. The first-order valence-electron chi connectivity index (χ1n) is 10.0. The Balaban J connectivity index is 1.47. The van der Waals surface area contributed by atoms with Crippen molar-refractivity contribution in [2.45, 2.75) is 0 Å². The number of fused-ring (bicyclic) bond motifs is 1. The van der Waals surface area contributed by atoms with Crippen LogP contribution in [-0.4, -0.2) is 71.5 Å². The molecule has 2 aromatic carbocycles. The molecule has 3 aromatic rings. The van der Waals surface area contributed by atoms with Crippen LogP contribution in [-0.2, 0) is 0 Å². The number of hydrogen-bond acceptors (Lipinski definition) is 7. The number of anilines is 2. The first-order valence-corrected chi connectivity index (χ1v) is 10.4. The smallest absolute Gasteiger partial charge is 0.335 e. The second-order valence-electron chi connectivity index (χ2n) is 7.21. The summed E-state index contributed by atoms with van der Waals surface area (Å²) in [5.74, 6) is 1.12. The number of nitrogens with zero attached hydrogens (tertiary/aromatic N) is 4. The van der Waals surface area contributed by atoms with Gasteiger partial charge in [-0.2, -0.15) is 0 Å². The summed E-state index contributed by atoms with van der Waals surface area (Å²) in [6.07, 6.45) is 1.55. The van der Waals surface area contributed by atoms with Crippen molar-refractivity contribution >= 4 is 45.7 Å². The summed E-state index contributed by atoms with van der Waals surface area (Å²) in [4.78, 5) is 24.3. The monoisotopic (exact) mass is 453 g/mol. The molecule has 0 bridgehead atoms. The van der Waals surface area contributed by atoms with Crippen molar-refractivity contribution in [2.24, 2.45) is 0 Å². The Morgan fingerprint density at radius 2 is 1.78 bits per heavy atom. The van der Waals surface area contributed by atoms with Crippen molar-refractivity contribution in [3.8, 4) is 11.5 Å². The maximum Gasteiger partial charge on any atom is 0.335 e. The minimum atomic E-state index is -0.973. The topological polar surface area (TPSA) is 100 Å². The lowest BCUT2D eigenvalue weighted by Crippen LogP contribution is -2.50. The van der Waals surface area contributed by atoms with Crippen molar-refractivity contribution in [1.82, 2.24) is 14.9 Å². The fraction of sp³-hybridized carbons (Fsp3) is 0.273. The molecular formula is C22H23N5O4S. The van der Waals surface area contributed by atoms with Gasteiger partial charge in [0.05, 0.1) is 25.3 Å². The van der Waals surface area contributed by atoms with E-state index >= 15 is 0 Å². The van der Waals surface area contributed by atoms with Gasteiger partial charge in [0, 0.05) is 43.3 Å². The zero-order valence-electron chi connectivity index (χ0n) is 17.7. The van der Waals surface area contributed by atoms with E-state index in [1.165, 1.54) is 0 Å². The molecule has 0 aliphatic carbocycles. The molecule has 1 aliphatic heterocycles. The number of rotatable bonds is 5. The molecule has 2 N–H and O–H groups in total. The highest BCUT2D eigenvalue weighted by molar-refractivity contribution is 7.80. The number of carboxylic acids is 1. The molecule has 2 heterocycles. The number of thiocarbonyl (C=S) groups is 1. The molecule has 0 saturated carbocycles. The van der Waals surface area contributed by atoms with Crippen LogP contribution < -0.4 is 19.7 Å². The molecule has 1 aromatic heterocycles. The van der Waals surface area contributed by atoms with E-state index in [1.807, 2.05) is 12.1 Å². The lowest BCUT2D eigenvalue weighted by atomic mass is 10.2. The number of piperazine rings is 1. The van der Waals surface area contributed by atoms with E-state index in [9.17, 15) is 4.79 Å². The van der Waals surface area contributed by atoms with Gasteiger partial charge >= 0.3 is 5.97 Å². The molecular weight excluding hydrogens is 430 g/mol. The Morgan fingerprint density at radius 1 is 1.06 bits per heavy atom. The van der Waals surface area contributed by atoms with Gasteiger partial charge in [-0.3, -0.25) is 0 Å². The van der Waals surface area contributed by atoms with Crippen LogP contribution in [0, 0.1) is 0 Å². The molecule has 1 fully saturated rings. The molecule has 32 heavy (non-hydrogen) atoms. The van der Waals surface area contributed by atoms with E-state index in [4.69, 9.17) is 26.8 Å². The zero-order valence-corrected chi connectivity index (χ0v) is 18.6. The van der Waals surface area contributed by atoms with Gasteiger partial charge in [0.15, 0.2) is 16.6 Å². The van der Waals surface area contributed by atoms with Crippen LogP contribution >= 0.6 is 12.2 Å². The third-order valence-corrected chi connectivity index (χ3v) is 5.71. The molecule has 9 nitrogen and oxygen atoms in total. The zero-order chi connectivity index (χ0) is 22.7. The molecule has 0 radical (unpaired) electrons. The first-order chi connectivity index (χ1) is 15.5. The third kappa shape index (κ3) is 4.35. The average Bonchev–Trinajstić information content (AvgIpc) is 2.83. The van der Waals surface area contributed by atoms with Crippen LogP contribution in [0.4, 0.5) is 11.5 Å². The van der Waals surface area contributed by atoms with Gasteiger partial charge in [0.1, 0.15) is 12.1 Å². The van der Waals surface area contributed by atoms with E-state index in [0.717, 1.165) is 29.8 Å². The van der Waals surface area contributed by atoms with Crippen LogP contribution in [0.15, 0.2) is 42.7 Å². The number of carboxylic acid groups (broad SMARTS) is 1. The summed E-state index contributed by atoms with van der Waals surface area (Å²) in [5, 5.41) is 13.8. The molecule has 10 heteroatoms. The molecule has 0 unspecified atom stereocenters. The van der Waals surface area contributed by atoms with Crippen LogP contribution in [0.5, 0.6) is 11.5 Å². The van der Waals surface area contributed by atoms with E-state index < -0.39 is 5.97 Å². The van der Waals surface area contributed by atoms with Crippen LogP contribution in [0.1, 0.15) is 10.4 Å². The van der Waals surface area contributed by atoms with Gasteiger partial charge in [0.25, 0.3) is 0 Å². The maximum atomic E-state index is 11.2. The number of aromatic carboxylic acids is 1. The second kappa shape index (κ2) is 9.23. The SMILES string of the molecule is COc1cc2ncnc(N3CCN(C(=S)Nc4cccc(C(=O)O)c4)CC3)c2cc1OC. The number of hydrogen-bond donors (Lipinski definition) is 2. The second-order valence-corrected chi connectivity index (χ2v) is 7.60. The average molecular weight is 454 g/mol. The van der Waals surface area contributed by atoms with Gasteiger partial charge < -0.3 is 29.7 Å². The molecule has 1 aliphatic rings. The van der Waals surface area contributed by atoms with Crippen molar-refractivity contribution in [2.75, 3.05) is 50.6 Å². The summed E-state index contributed by atoms with van der Waals surface area (Å²) in [6.45, 7) is 2.83. The van der Waals surface area contributed by atoms with Crippen molar-refractivity contribution < 1.29 is 19.4 Å². The molecule has 0 amide bonds. The van der Waals surface area contributed by atoms with Gasteiger partial charge in [0.2, 0.25) is 0 Å². The van der Waals surface area contributed by atoms with Crippen LogP contribution in [0.25, 0.3) is 10.9 Å². The molecule has 0 atom stereocenters. The number of aromatic nitrogens is 2. The minimum absolute atomic E-state index is 0.213. The van der Waals surface area contributed by atoms with E-state index in [-0.39, 0.29) is 5.56 Å². The minimum Gasteiger partial charge on any atom is -0.493 e. The summed E-state index contributed by atoms with van der Waals surface area (Å²) >= 11 is 5.55. The summed E-state index contributed by atoms with van der Waals surface area (Å²) in [6, 6.07) is 10.3. The lowest BCUT2D eigenvalue weighted by Gasteiger charge is -2.37. The van der Waals surface area contributed by atoms with Crippen LogP contribution in [0.2, 0.25) is 0 Å². The maximum absolute atomic E-state index is 11.2. The van der Waals surface area contributed by atoms with Gasteiger partial charge in [-0.25, -0.2) is 14.8 Å². The largest absolute Gasteiger partial charge is 0.493 e. The summed E-state index contributed by atoms with van der Waals surface area (Å²) in [7, 11) is 3.20. The number of ether oxygens (including phenoxy) is 2. The highest BCUT2D eigenvalue weighted by Crippen LogP contribution is 2.34. The van der Waals surface area contributed by atoms with E-state index in [1.54, 1.807) is 44.8 Å². The Bertz CT molecular complexity index is 1160. The number of benzene rings is 2. The number of methoxy groups -OCH3 is 2. The van der Waals surface area contributed by atoms with Gasteiger partial charge in [-0.1, -0.05) is 6.07 Å². The summed E-state index contributed by atoms with van der Waals surface area (Å²) in [5.41, 5.74) is 1.65. The predicted octanol–water partition coefficient (Wildman–Crippen LogP) is 2.86. The highest BCUT2D eigenvalue weighted by atomic mass is 32.1. The highest BCUT2D eigenvalue weighted by Gasteiger charge is 2.22. The standard InChI is InChI=1S/C22H23N5O4S/c1-30-18-11-16-17(12-19(18)31-2)23-13-24-20(16)26-6-8-27(9-7-26)22(32)25-15-5-3-4-14(10-15)21(28)29/h3-5,10-13H,6-9H2,1-2H3,(H,25,32)(H,28,29). The number of nitrogens with one attached hydrogen (secondary N) is 1. The molecule has 1 saturated heterocycles. The summed E-state index contributed by atoms with van der Waals surface area (Å²) < 4.78 is 10.8. The van der Waals surface area contributed by atoms with Crippen LogP contribution in [0.3, 0.4) is 0 Å². The fourth-order valence-electron chi connectivity index (χ4n) is 3.68. The predicted molar refractivity (Wildman–Crippen MR) is 126 cm³/mol. The normalized spacial score (nSPS) is 13.7. The first kappa shape index (κ1) is 21.6. The van der Waals surface area contributed by atoms with E-state index in [2.05, 4.69) is 25.1 Å². The van der Waals surface area contributed by atoms with Crippen molar-refractivity contribution in [3.05, 3.63) is 48.3 Å². The Morgan fingerprint density at radius 3 is 2.47 bits per heavy atom. The molecule has 0 spiro atoms. The quantitative estimate of drug-likeness (QED) is 0.561. The Kier molecular flexibility index (Phi) is 6.22. The van der Waals surface area contributed by atoms with Gasteiger partial charge in [-0.05, 0) is 36.5 Å². The Hall–Kier alpha value is -3.66. The van der Waals surface area contributed by atoms with Crippen molar-refractivity contribution in [1.29, 1.82) is 0 Å². The molecule has 4 rings (SSSR count). The van der Waals surface area contributed by atoms with E-state index in [0.29, 0.717) is 35.4 Å². The van der Waals surface area contributed by atoms with Crippen molar-refractivity contribution in [3.63, 3.8) is 0 Å². The fourth-order valence-corrected chi connectivity index (χ4v) is 3.98. The Labute approximate surface area is 190 Å². The molecule has 166 valence electrons. The third-order valence-electron chi connectivity index (χ3n) is 5.35.